The van der Waals surface area contributed by atoms with Gasteiger partial charge in [0.15, 0.2) is 0 Å². The van der Waals surface area contributed by atoms with Crippen molar-refractivity contribution in [2.45, 2.75) is 38.5 Å². The molecule has 5 rings (SSSR count). The molecule has 4 bridgehead atoms. The number of halogens is 2. The molecule has 2 nitrogen and oxygen atoms in total. The Morgan fingerprint density at radius 2 is 1.80 bits per heavy atom. The van der Waals surface area contributed by atoms with Gasteiger partial charge in [0, 0.05) is 17.7 Å². The third-order valence-electron chi connectivity index (χ3n) is 5.49. The first-order valence-electron chi connectivity index (χ1n) is 7.56. The van der Waals surface area contributed by atoms with Crippen LogP contribution in [0.15, 0.2) is 16.7 Å². The average Bonchev–Trinajstić information content (AvgIpc) is 2.38. The van der Waals surface area contributed by atoms with Crippen molar-refractivity contribution < 1.29 is 4.74 Å². The van der Waals surface area contributed by atoms with E-state index in [4.69, 9.17) is 16.3 Å². The van der Waals surface area contributed by atoms with Gasteiger partial charge in [-0.05, 0) is 72.2 Å². The molecule has 0 aromatic carbocycles. The normalized spacial score (nSPS) is 38.2. The van der Waals surface area contributed by atoms with E-state index >= 15 is 0 Å². The summed E-state index contributed by atoms with van der Waals surface area (Å²) in [6.07, 6.45) is 10.3. The monoisotopic (exact) mass is 355 g/mol. The lowest BCUT2D eigenvalue weighted by molar-refractivity contribution is -0.0746. The van der Waals surface area contributed by atoms with Crippen LogP contribution in [0, 0.1) is 23.2 Å². The van der Waals surface area contributed by atoms with Gasteiger partial charge in [-0.2, -0.15) is 0 Å². The molecule has 4 aliphatic carbocycles. The molecule has 0 unspecified atom stereocenters. The molecule has 1 aromatic heterocycles. The molecular formula is C16H19BrClNO. The minimum atomic E-state index is 0.434. The first-order chi connectivity index (χ1) is 9.62. The molecule has 4 heteroatoms. The number of nitrogens with zero attached hydrogens (tertiary/aromatic N) is 1. The number of ether oxygens (including phenoxy) is 1. The van der Waals surface area contributed by atoms with Crippen molar-refractivity contribution in [3.05, 3.63) is 21.9 Å². The SMILES string of the molecule is Clc1cc(OCC23CC4CC(CC(C4)C2)C3)c(Br)cn1. The van der Waals surface area contributed by atoms with Crippen molar-refractivity contribution in [2.24, 2.45) is 23.2 Å². The van der Waals surface area contributed by atoms with Crippen LogP contribution in [-0.2, 0) is 0 Å². The molecule has 4 saturated carbocycles. The fourth-order valence-corrected chi connectivity index (χ4v) is 5.68. The summed E-state index contributed by atoms with van der Waals surface area (Å²) >= 11 is 9.45. The lowest BCUT2D eigenvalue weighted by Crippen LogP contribution is -2.48. The molecule has 4 aliphatic rings. The van der Waals surface area contributed by atoms with Gasteiger partial charge in [0.25, 0.3) is 0 Å². The lowest BCUT2D eigenvalue weighted by Gasteiger charge is -2.56. The average molecular weight is 357 g/mol. The predicted octanol–water partition coefficient (Wildman–Crippen LogP) is 5.09. The van der Waals surface area contributed by atoms with Crippen LogP contribution in [0.1, 0.15) is 38.5 Å². The Morgan fingerprint density at radius 3 is 2.40 bits per heavy atom. The first-order valence-corrected chi connectivity index (χ1v) is 8.73. The summed E-state index contributed by atoms with van der Waals surface area (Å²) in [7, 11) is 0. The fraction of sp³-hybridized carbons (Fsp3) is 0.688. The van der Waals surface area contributed by atoms with Gasteiger partial charge in [-0.3, -0.25) is 0 Å². The van der Waals surface area contributed by atoms with Crippen molar-refractivity contribution in [3.8, 4) is 5.75 Å². The van der Waals surface area contributed by atoms with Crippen molar-refractivity contribution in [3.63, 3.8) is 0 Å². The Kier molecular flexibility index (Phi) is 3.26. The van der Waals surface area contributed by atoms with Crippen LogP contribution < -0.4 is 4.74 Å². The van der Waals surface area contributed by atoms with E-state index in [9.17, 15) is 0 Å². The zero-order chi connectivity index (χ0) is 13.7. The summed E-state index contributed by atoms with van der Waals surface area (Å²) in [5.74, 6) is 3.73. The van der Waals surface area contributed by atoms with Crippen molar-refractivity contribution in [1.82, 2.24) is 4.98 Å². The van der Waals surface area contributed by atoms with Crippen molar-refractivity contribution >= 4 is 27.5 Å². The second-order valence-electron chi connectivity index (χ2n) is 7.14. The van der Waals surface area contributed by atoms with Gasteiger partial charge in [-0.15, -0.1) is 0 Å². The maximum absolute atomic E-state index is 6.13. The van der Waals surface area contributed by atoms with E-state index in [1.54, 1.807) is 6.20 Å². The molecule has 0 aliphatic heterocycles. The Morgan fingerprint density at radius 1 is 1.20 bits per heavy atom. The van der Waals surface area contributed by atoms with Crippen LogP contribution in [0.2, 0.25) is 5.15 Å². The maximum Gasteiger partial charge on any atom is 0.138 e. The quantitative estimate of drug-likeness (QED) is 0.704. The second-order valence-corrected chi connectivity index (χ2v) is 8.39. The standard InChI is InChI=1S/C16H19BrClNO/c17-13-8-19-15(18)4-14(13)20-9-16-5-10-1-11(6-16)3-12(2-10)7-16/h4,8,10-12H,1-3,5-7,9H2. The highest BCUT2D eigenvalue weighted by Gasteiger charge is 2.51. The minimum absolute atomic E-state index is 0.434. The Bertz CT molecular complexity index is 498. The summed E-state index contributed by atoms with van der Waals surface area (Å²) < 4.78 is 7.03. The summed E-state index contributed by atoms with van der Waals surface area (Å²) in [4.78, 5) is 4.05. The maximum atomic E-state index is 6.13. The van der Waals surface area contributed by atoms with Gasteiger partial charge >= 0.3 is 0 Å². The highest BCUT2D eigenvalue weighted by Crippen LogP contribution is 2.60. The van der Waals surface area contributed by atoms with Crippen LogP contribution in [-0.4, -0.2) is 11.6 Å². The third kappa shape index (κ3) is 2.37. The van der Waals surface area contributed by atoms with Crippen LogP contribution >= 0.6 is 27.5 Å². The van der Waals surface area contributed by atoms with E-state index in [1.807, 2.05) is 6.07 Å². The lowest BCUT2D eigenvalue weighted by atomic mass is 9.50. The van der Waals surface area contributed by atoms with Gasteiger partial charge < -0.3 is 4.74 Å². The fourth-order valence-electron chi connectivity index (χ4n) is 5.20. The van der Waals surface area contributed by atoms with Gasteiger partial charge in [0.2, 0.25) is 0 Å². The second kappa shape index (κ2) is 4.88. The van der Waals surface area contributed by atoms with E-state index in [0.717, 1.165) is 34.6 Å². The summed E-state index contributed by atoms with van der Waals surface area (Å²) in [5.41, 5.74) is 0.434. The summed E-state index contributed by atoms with van der Waals surface area (Å²) in [5, 5.41) is 0.494. The molecule has 4 fully saturated rings. The third-order valence-corrected chi connectivity index (χ3v) is 6.29. The molecule has 0 N–H and O–H groups in total. The van der Waals surface area contributed by atoms with Gasteiger partial charge in [-0.25, -0.2) is 4.98 Å². The molecule has 0 spiro atoms. The minimum Gasteiger partial charge on any atom is -0.492 e. The molecule has 0 radical (unpaired) electrons. The van der Waals surface area contributed by atoms with E-state index in [-0.39, 0.29) is 0 Å². The molecule has 0 amide bonds. The highest BCUT2D eigenvalue weighted by molar-refractivity contribution is 9.10. The van der Waals surface area contributed by atoms with Gasteiger partial charge in [-0.1, -0.05) is 11.6 Å². The van der Waals surface area contributed by atoms with E-state index in [0.29, 0.717) is 10.6 Å². The smallest absolute Gasteiger partial charge is 0.138 e. The highest BCUT2D eigenvalue weighted by atomic mass is 79.9. The zero-order valence-electron chi connectivity index (χ0n) is 11.4. The molecule has 1 aromatic rings. The molecule has 108 valence electrons. The van der Waals surface area contributed by atoms with E-state index in [1.165, 1.54) is 38.5 Å². The number of aromatic nitrogens is 1. The van der Waals surface area contributed by atoms with E-state index < -0.39 is 0 Å². The predicted molar refractivity (Wildman–Crippen MR) is 83.0 cm³/mol. The van der Waals surface area contributed by atoms with Crippen molar-refractivity contribution in [1.29, 1.82) is 0 Å². The van der Waals surface area contributed by atoms with Gasteiger partial charge in [0.1, 0.15) is 10.9 Å². The first kappa shape index (κ1) is 13.4. The van der Waals surface area contributed by atoms with Crippen LogP contribution in [0.4, 0.5) is 0 Å². The molecular weight excluding hydrogens is 338 g/mol. The van der Waals surface area contributed by atoms with Crippen LogP contribution in [0.25, 0.3) is 0 Å². The number of hydrogen-bond acceptors (Lipinski definition) is 2. The van der Waals surface area contributed by atoms with Crippen molar-refractivity contribution in [2.75, 3.05) is 6.61 Å². The topological polar surface area (TPSA) is 22.1 Å². The van der Waals surface area contributed by atoms with Crippen LogP contribution in [0.3, 0.4) is 0 Å². The summed E-state index contributed by atoms with van der Waals surface area (Å²) in [6, 6.07) is 1.81. The van der Waals surface area contributed by atoms with Gasteiger partial charge in [0.05, 0.1) is 11.1 Å². The molecule has 20 heavy (non-hydrogen) atoms. The Hall–Kier alpha value is -0.280. The number of pyridine rings is 1. The largest absolute Gasteiger partial charge is 0.492 e. The van der Waals surface area contributed by atoms with Crippen LogP contribution in [0.5, 0.6) is 5.75 Å². The molecule has 0 saturated heterocycles. The van der Waals surface area contributed by atoms with E-state index in [2.05, 4.69) is 20.9 Å². The summed E-state index contributed by atoms with van der Waals surface area (Å²) in [6.45, 7) is 0.843. The number of hydrogen-bond donors (Lipinski definition) is 0. The number of rotatable bonds is 3. The zero-order valence-corrected chi connectivity index (χ0v) is 13.8. The Balaban J connectivity index is 1.50. The Labute approximate surface area is 133 Å². The molecule has 0 atom stereocenters. The molecule has 1 heterocycles.